The zero-order chi connectivity index (χ0) is 53.3. The van der Waals surface area contributed by atoms with E-state index in [2.05, 4.69) is 14.9 Å². The van der Waals surface area contributed by atoms with Crippen LogP contribution in [0.5, 0.6) is 23.4 Å². The lowest BCUT2D eigenvalue weighted by Crippen LogP contribution is -2.65. The number of benzene rings is 3. The van der Waals surface area contributed by atoms with E-state index in [1.807, 2.05) is 4.90 Å². The van der Waals surface area contributed by atoms with Crippen LogP contribution < -0.4 is 28.7 Å². The monoisotopic (exact) mass is 1050 g/mol. The summed E-state index contributed by atoms with van der Waals surface area (Å²) in [5.74, 6) is -1.80. The maximum absolute atomic E-state index is 18.1. The van der Waals surface area contributed by atoms with Gasteiger partial charge in [0.15, 0.2) is 11.6 Å². The van der Waals surface area contributed by atoms with Crippen molar-refractivity contribution >= 4 is 28.5 Å². The maximum Gasteiger partial charge on any atom is 0.417 e. The summed E-state index contributed by atoms with van der Waals surface area (Å²) in [7, 11) is 3.03. The fourth-order valence-corrected chi connectivity index (χ4v) is 11.4. The number of rotatable bonds is 13. The Bertz CT molecular complexity index is 2960. The molecule has 1 saturated carbocycles. The summed E-state index contributed by atoms with van der Waals surface area (Å²) in [4.78, 5) is 35.2. The molecule has 4 fully saturated rings. The molecule has 0 radical (unpaired) electrons. The van der Waals surface area contributed by atoms with Crippen LogP contribution in [0.4, 0.5) is 47.0 Å². The van der Waals surface area contributed by atoms with Gasteiger partial charge in [0, 0.05) is 44.7 Å². The normalized spacial score (nSPS) is 21.1. The number of carbonyl (C=O) groups excluding carboxylic acids is 1. The van der Waals surface area contributed by atoms with E-state index in [4.69, 9.17) is 28.7 Å². The predicted octanol–water partition coefficient (Wildman–Crippen LogP) is 11.7. The van der Waals surface area contributed by atoms with Gasteiger partial charge in [0.25, 0.3) is 6.08 Å². The summed E-state index contributed by atoms with van der Waals surface area (Å²) in [5.41, 5.74) is -4.39. The zero-order valence-electron chi connectivity index (χ0n) is 42.9. The Kier molecular flexibility index (Phi) is 13.7. The van der Waals surface area contributed by atoms with Crippen molar-refractivity contribution in [3.63, 3.8) is 0 Å². The first-order valence-corrected chi connectivity index (χ1v) is 25.3. The van der Waals surface area contributed by atoms with Crippen LogP contribution in [0.3, 0.4) is 0 Å². The highest BCUT2D eigenvalue weighted by molar-refractivity contribution is 5.98. The average molecular weight is 1050 g/mol. The van der Waals surface area contributed by atoms with Crippen LogP contribution in [0, 0.1) is 24.0 Å². The minimum Gasteiger partial charge on any atom is -0.497 e. The standard InChI is InChI=1S/C55H60F7N7O6/c1-30-24-39(67(25-32-8-13-36(71-6)14-9-32)26-33-10-15-37(72-7)16-11-33)43(56)40(42(30)55(60,61)62)45-44(57)46-41-49(65-51(64-46)73-29-54(20-21-54)28-66-22-18-34(19-23-66)48(58)59)68-27-35-12-17-38(47(68)31(2)74-50(41)63-45)69(35)52(70)75-53(3,4)5/h8-11,13-16,24,31,35,38,47H,12,17-23,25-29H2,1-7H3. The SMILES string of the molecule is COc1ccc(CN(Cc2ccc(OC)cc2)c2cc(C)c(C(F)(F)F)c(-c3nc4c5c(nc(OCC6(CN7CCC(=C(F)F)CC7)CC6)nc5c3F)N3CC5CCC(C3C(C)O4)N5C(=O)OC(C)(C)C)c2F)cc1. The van der Waals surface area contributed by atoms with E-state index in [1.165, 1.54) is 21.1 Å². The van der Waals surface area contributed by atoms with E-state index in [1.54, 1.807) is 86.0 Å². The largest absolute Gasteiger partial charge is 0.497 e. The molecule has 3 aromatic carbocycles. The molecule has 4 unspecified atom stereocenters. The second-order valence-corrected chi connectivity index (χ2v) is 21.5. The van der Waals surface area contributed by atoms with E-state index in [-0.39, 0.29) is 84.9 Å². The van der Waals surface area contributed by atoms with E-state index in [0.717, 1.165) is 18.9 Å². The molecule has 2 aromatic heterocycles. The number of anilines is 2. The van der Waals surface area contributed by atoms with Gasteiger partial charge >= 0.3 is 18.3 Å². The molecule has 0 spiro atoms. The van der Waals surface area contributed by atoms with E-state index in [9.17, 15) is 13.6 Å². The number of piperidine rings is 1. The lowest BCUT2D eigenvalue weighted by atomic mass is 9.95. The molecule has 5 aromatic rings. The Morgan fingerprint density at radius 3 is 2.07 bits per heavy atom. The molecule has 400 valence electrons. The van der Waals surface area contributed by atoms with Crippen LogP contribution in [0.15, 0.2) is 66.3 Å². The van der Waals surface area contributed by atoms with Crippen molar-refractivity contribution in [2.75, 3.05) is 56.8 Å². The van der Waals surface area contributed by atoms with Gasteiger partial charge in [0.1, 0.15) is 45.6 Å². The number of ether oxygens (including phenoxy) is 5. The number of methoxy groups -OCH3 is 2. The quantitative estimate of drug-likeness (QED) is 0.105. The first-order chi connectivity index (χ1) is 35.6. The number of hydrogen-bond donors (Lipinski definition) is 0. The van der Waals surface area contributed by atoms with Gasteiger partial charge < -0.3 is 38.4 Å². The third kappa shape index (κ3) is 10.3. The molecule has 1 amide bonds. The highest BCUT2D eigenvalue weighted by Crippen LogP contribution is 2.51. The van der Waals surface area contributed by atoms with Crippen LogP contribution in [0.2, 0.25) is 0 Å². The van der Waals surface area contributed by atoms with E-state index < -0.39 is 81.7 Å². The number of aromatic nitrogens is 3. The third-order valence-electron chi connectivity index (χ3n) is 15.2. The summed E-state index contributed by atoms with van der Waals surface area (Å²) in [6.45, 7) is 10.0. The highest BCUT2D eigenvalue weighted by Gasteiger charge is 2.54. The topological polar surface area (TPSA) is 115 Å². The lowest BCUT2D eigenvalue weighted by Gasteiger charge is -2.48. The van der Waals surface area contributed by atoms with Gasteiger partial charge in [0.05, 0.1) is 55.8 Å². The van der Waals surface area contributed by atoms with Crippen LogP contribution in [-0.2, 0) is 24.0 Å². The van der Waals surface area contributed by atoms with Gasteiger partial charge in [-0.2, -0.15) is 31.9 Å². The number of hydrogen-bond acceptors (Lipinski definition) is 12. The van der Waals surface area contributed by atoms with Crippen LogP contribution in [0.1, 0.15) is 88.5 Å². The molecule has 3 saturated heterocycles. The Labute approximate surface area is 430 Å². The Morgan fingerprint density at radius 2 is 1.51 bits per heavy atom. The molecule has 4 atom stereocenters. The van der Waals surface area contributed by atoms with Crippen molar-refractivity contribution in [2.45, 2.75) is 122 Å². The zero-order valence-corrected chi connectivity index (χ0v) is 42.9. The molecule has 13 nitrogen and oxygen atoms in total. The number of alkyl halides is 3. The molecule has 2 bridgehead atoms. The van der Waals surface area contributed by atoms with Crippen molar-refractivity contribution in [2.24, 2.45) is 5.41 Å². The Balaban J connectivity index is 1.11. The molecular formula is C55H60F7N7O6. The first kappa shape index (κ1) is 51.9. The molecule has 6 heterocycles. The van der Waals surface area contributed by atoms with Gasteiger partial charge in [-0.15, -0.1) is 0 Å². The van der Waals surface area contributed by atoms with Gasteiger partial charge in [-0.25, -0.2) is 18.6 Å². The number of nitrogens with zero attached hydrogens (tertiary/aromatic N) is 7. The van der Waals surface area contributed by atoms with Crippen LogP contribution in [0.25, 0.3) is 22.2 Å². The second-order valence-electron chi connectivity index (χ2n) is 21.5. The number of likely N-dealkylation sites (tertiary alicyclic amines) is 1. The van der Waals surface area contributed by atoms with Gasteiger partial charge in [-0.3, -0.25) is 4.90 Å². The van der Waals surface area contributed by atoms with Crippen molar-refractivity contribution in [1.29, 1.82) is 0 Å². The number of aryl methyl sites for hydroxylation is 1. The summed E-state index contributed by atoms with van der Waals surface area (Å²) >= 11 is 0. The maximum atomic E-state index is 18.1. The summed E-state index contributed by atoms with van der Waals surface area (Å²) in [6.07, 6.45) is -5.05. The molecule has 5 aliphatic rings. The van der Waals surface area contributed by atoms with Crippen molar-refractivity contribution < 1.29 is 59.2 Å². The van der Waals surface area contributed by atoms with E-state index >= 15 is 22.0 Å². The fourth-order valence-electron chi connectivity index (χ4n) is 11.4. The van der Waals surface area contributed by atoms with Gasteiger partial charge in [-0.05, 0) is 126 Å². The van der Waals surface area contributed by atoms with Crippen molar-refractivity contribution in [1.82, 2.24) is 24.8 Å². The van der Waals surface area contributed by atoms with Crippen LogP contribution >= 0.6 is 0 Å². The molecular weight excluding hydrogens is 988 g/mol. The van der Waals surface area contributed by atoms with Crippen molar-refractivity contribution in [3.8, 4) is 34.6 Å². The molecule has 10 rings (SSSR count). The average Bonchev–Trinajstić information content (AvgIpc) is 4.08. The number of piperazine rings is 1. The van der Waals surface area contributed by atoms with Crippen molar-refractivity contribution in [3.05, 3.63) is 100 Å². The summed E-state index contributed by atoms with van der Waals surface area (Å²) in [6, 6.07) is 13.2. The second kappa shape index (κ2) is 19.9. The molecule has 0 N–H and O–H groups in total. The van der Waals surface area contributed by atoms with Crippen LogP contribution in [-0.4, -0.2) is 108 Å². The lowest BCUT2D eigenvalue weighted by molar-refractivity contribution is -0.137. The minimum absolute atomic E-state index is 0.0151. The molecule has 20 heteroatoms. The number of amides is 1. The van der Waals surface area contributed by atoms with Gasteiger partial charge in [-0.1, -0.05) is 24.3 Å². The Morgan fingerprint density at radius 1 is 0.880 bits per heavy atom. The van der Waals surface area contributed by atoms with E-state index in [0.29, 0.717) is 55.1 Å². The van der Waals surface area contributed by atoms with Gasteiger partial charge in [0.2, 0.25) is 5.88 Å². The fraction of sp³-hybridized carbons (Fsp3) is 0.491. The first-order valence-electron chi connectivity index (χ1n) is 25.3. The molecule has 75 heavy (non-hydrogen) atoms. The summed E-state index contributed by atoms with van der Waals surface area (Å²) < 4.78 is 140. The highest BCUT2D eigenvalue weighted by atomic mass is 19.4. The number of fused-ring (bicyclic) bond motifs is 5. The Hall–Kier alpha value is -6.57. The molecule has 1 aliphatic carbocycles. The molecule has 4 aliphatic heterocycles. The summed E-state index contributed by atoms with van der Waals surface area (Å²) in [5, 5.41) is -0.0519. The number of pyridine rings is 1. The predicted molar refractivity (Wildman–Crippen MR) is 266 cm³/mol. The number of halogens is 7. The smallest absolute Gasteiger partial charge is 0.417 e. The minimum atomic E-state index is -5.21. The third-order valence-corrected chi connectivity index (χ3v) is 15.2. The number of carbonyl (C=O) groups is 1.